The zero-order valence-corrected chi connectivity index (χ0v) is 10.7. The third-order valence-electron chi connectivity index (χ3n) is 3.94. The normalized spacial score (nSPS) is 15.6. The average Bonchev–Trinajstić information content (AvgIpc) is 2.72. The van der Waals surface area contributed by atoms with Gasteiger partial charge >= 0.3 is 5.97 Å². The fourth-order valence-electron chi connectivity index (χ4n) is 2.90. The van der Waals surface area contributed by atoms with Crippen molar-refractivity contribution in [3.05, 3.63) is 48.0 Å². The molecule has 0 radical (unpaired) electrons. The van der Waals surface area contributed by atoms with Gasteiger partial charge in [0, 0.05) is 16.3 Å². The van der Waals surface area contributed by atoms with E-state index in [-0.39, 0.29) is 0 Å². The van der Waals surface area contributed by atoms with Crippen molar-refractivity contribution in [3.8, 4) is 0 Å². The standard InChI is InChI=1S/C16H13NO3/c18-16(19)10-5-6-13-12-3-1-2-4-14(12)17(15(13)7-10)11-8-20-9-11/h1-7,11H,8-9H2,(H,18,19). The number of para-hydroxylation sites is 1. The van der Waals surface area contributed by atoms with Gasteiger partial charge in [-0.3, -0.25) is 0 Å². The summed E-state index contributed by atoms with van der Waals surface area (Å²) in [5.41, 5.74) is 2.43. The molecule has 1 aliphatic heterocycles. The van der Waals surface area contributed by atoms with Crippen LogP contribution in [0, 0.1) is 0 Å². The first-order valence-electron chi connectivity index (χ1n) is 6.59. The molecular formula is C16H13NO3. The molecule has 4 heteroatoms. The van der Waals surface area contributed by atoms with Crippen molar-refractivity contribution in [2.45, 2.75) is 6.04 Å². The van der Waals surface area contributed by atoms with E-state index in [0.717, 1.165) is 21.8 Å². The second-order valence-corrected chi connectivity index (χ2v) is 5.12. The zero-order chi connectivity index (χ0) is 13.7. The van der Waals surface area contributed by atoms with Crippen molar-refractivity contribution in [2.75, 3.05) is 13.2 Å². The molecule has 1 N–H and O–H groups in total. The van der Waals surface area contributed by atoms with Crippen LogP contribution in [-0.4, -0.2) is 28.9 Å². The lowest BCUT2D eigenvalue weighted by atomic mass is 10.1. The highest BCUT2D eigenvalue weighted by atomic mass is 16.5. The SMILES string of the molecule is O=C(O)c1ccc2c3ccccc3n(C3COC3)c2c1. The monoisotopic (exact) mass is 267 g/mol. The summed E-state index contributed by atoms with van der Waals surface area (Å²) in [6.45, 7) is 1.37. The summed E-state index contributed by atoms with van der Waals surface area (Å²) >= 11 is 0. The molecule has 1 aromatic heterocycles. The van der Waals surface area contributed by atoms with Gasteiger partial charge < -0.3 is 14.4 Å². The summed E-state index contributed by atoms with van der Waals surface area (Å²) in [5, 5.41) is 11.4. The Hall–Kier alpha value is -2.33. The second-order valence-electron chi connectivity index (χ2n) is 5.12. The van der Waals surface area contributed by atoms with E-state index in [4.69, 9.17) is 4.74 Å². The number of rotatable bonds is 2. The number of ether oxygens (including phenoxy) is 1. The van der Waals surface area contributed by atoms with Crippen molar-refractivity contribution in [1.29, 1.82) is 0 Å². The molecule has 1 fully saturated rings. The van der Waals surface area contributed by atoms with Gasteiger partial charge in [-0.25, -0.2) is 4.79 Å². The van der Waals surface area contributed by atoms with Gasteiger partial charge in [0.05, 0.1) is 30.3 Å². The summed E-state index contributed by atoms with van der Waals surface area (Å²) in [6.07, 6.45) is 0. The number of hydrogen-bond acceptors (Lipinski definition) is 2. The van der Waals surface area contributed by atoms with Gasteiger partial charge in [0.25, 0.3) is 0 Å². The molecule has 0 atom stereocenters. The molecule has 1 saturated heterocycles. The maximum Gasteiger partial charge on any atom is 0.335 e. The van der Waals surface area contributed by atoms with Crippen LogP contribution >= 0.6 is 0 Å². The molecule has 2 aromatic carbocycles. The summed E-state index contributed by atoms with van der Waals surface area (Å²) in [4.78, 5) is 11.2. The first kappa shape index (κ1) is 11.5. The molecule has 0 bridgehead atoms. The predicted molar refractivity (Wildman–Crippen MR) is 76.3 cm³/mol. The van der Waals surface area contributed by atoms with Gasteiger partial charge in [0.15, 0.2) is 0 Å². The Kier molecular flexibility index (Phi) is 2.35. The quantitative estimate of drug-likeness (QED) is 0.776. The zero-order valence-electron chi connectivity index (χ0n) is 10.7. The number of aromatic carboxylic acids is 1. The van der Waals surface area contributed by atoms with Crippen LogP contribution in [0.2, 0.25) is 0 Å². The maximum atomic E-state index is 11.2. The van der Waals surface area contributed by atoms with E-state index in [1.807, 2.05) is 18.2 Å². The number of benzene rings is 2. The number of fused-ring (bicyclic) bond motifs is 3. The third kappa shape index (κ3) is 1.48. The van der Waals surface area contributed by atoms with E-state index in [9.17, 15) is 9.90 Å². The van der Waals surface area contributed by atoms with Gasteiger partial charge in [-0.1, -0.05) is 24.3 Å². The van der Waals surface area contributed by atoms with E-state index < -0.39 is 5.97 Å². The van der Waals surface area contributed by atoms with Crippen LogP contribution in [0.25, 0.3) is 21.8 Å². The number of carboxylic acids is 1. The summed E-state index contributed by atoms with van der Waals surface area (Å²) in [7, 11) is 0. The lowest BCUT2D eigenvalue weighted by Crippen LogP contribution is -2.30. The Morgan fingerprint density at radius 1 is 1.10 bits per heavy atom. The molecule has 100 valence electrons. The topological polar surface area (TPSA) is 51.5 Å². The number of hydrogen-bond donors (Lipinski definition) is 1. The van der Waals surface area contributed by atoms with Crippen molar-refractivity contribution >= 4 is 27.8 Å². The lowest BCUT2D eigenvalue weighted by molar-refractivity contribution is -0.0196. The minimum Gasteiger partial charge on any atom is -0.478 e. The van der Waals surface area contributed by atoms with Crippen molar-refractivity contribution < 1.29 is 14.6 Å². The highest BCUT2D eigenvalue weighted by molar-refractivity contribution is 6.09. The maximum absolute atomic E-state index is 11.2. The smallest absolute Gasteiger partial charge is 0.335 e. The molecule has 0 amide bonds. The Balaban J connectivity index is 2.11. The van der Waals surface area contributed by atoms with Gasteiger partial charge in [-0.15, -0.1) is 0 Å². The first-order valence-corrected chi connectivity index (χ1v) is 6.59. The minimum atomic E-state index is -0.895. The van der Waals surface area contributed by atoms with E-state index in [1.165, 1.54) is 0 Å². The van der Waals surface area contributed by atoms with E-state index in [2.05, 4.69) is 16.7 Å². The van der Waals surface area contributed by atoms with Gasteiger partial charge in [0.1, 0.15) is 0 Å². The third-order valence-corrected chi connectivity index (χ3v) is 3.94. The predicted octanol–water partition coefficient (Wildman–Crippen LogP) is 3.06. The van der Waals surface area contributed by atoms with Crippen LogP contribution in [0.1, 0.15) is 16.4 Å². The first-order chi connectivity index (χ1) is 9.75. The largest absolute Gasteiger partial charge is 0.478 e. The Bertz CT molecular complexity index is 830. The van der Waals surface area contributed by atoms with Crippen LogP contribution in [0.5, 0.6) is 0 Å². The summed E-state index contributed by atoms with van der Waals surface area (Å²) < 4.78 is 7.51. The highest BCUT2D eigenvalue weighted by Gasteiger charge is 2.24. The van der Waals surface area contributed by atoms with Crippen LogP contribution in [-0.2, 0) is 4.74 Å². The summed E-state index contributed by atoms with van der Waals surface area (Å²) in [6, 6.07) is 13.8. The molecule has 0 aliphatic carbocycles. The molecule has 0 unspecified atom stereocenters. The lowest BCUT2D eigenvalue weighted by Gasteiger charge is -2.29. The minimum absolute atomic E-state index is 0.293. The average molecular weight is 267 g/mol. The van der Waals surface area contributed by atoms with Gasteiger partial charge in [0.2, 0.25) is 0 Å². The molecule has 4 rings (SSSR count). The fourth-order valence-corrected chi connectivity index (χ4v) is 2.90. The molecule has 1 aliphatic rings. The van der Waals surface area contributed by atoms with E-state index in [1.54, 1.807) is 12.1 Å². The van der Waals surface area contributed by atoms with Gasteiger partial charge in [-0.2, -0.15) is 0 Å². The Morgan fingerprint density at radius 3 is 2.55 bits per heavy atom. The van der Waals surface area contributed by atoms with Crippen molar-refractivity contribution in [1.82, 2.24) is 4.57 Å². The van der Waals surface area contributed by atoms with Crippen molar-refractivity contribution in [2.24, 2.45) is 0 Å². The molecule has 0 spiro atoms. The Labute approximate surface area is 115 Å². The Morgan fingerprint density at radius 2 is 1.85 bits per heavy atom. The van der Waals surface area contributed by atoms with Gasteiger partial charge in [-0.05, 0) is 18.2 Å². The van der Waals surface area contributed by atoms with Crippen LogP contribution < -0.4 is 0 Å². The molecule has 4 nitrogen and oxygen atoms in total. The molecule has 0 saturated carbocycles. The van der Waals surface area contributed by atoms with Crippen LogP contribution in [0.3, 0.4) is 0 Å². The van der Waals surface area contributed by atoms with Crippen LogP contribution in [0.4, 0.5) is 0 Å². The molecule has 3 aromatic rings. The van der Waals surface area contributed by atoms with Crippen LogP contribution in [0.15, 0.2) is 42.5 Å². The number of carbonyl (C=O) groups is 1. The fraction of sp³-hybridized carbons (Fsp3) is 0.188. The number of carboxylic acid groups (broad SMARTS) is 1. The van der Waals surface area contributed by atoms with Crippen molar-refractivity contribution in [3.63, 3.8) is 0 Å². The number of nitrogens with zero attached hydrogens (tertiary/aromatic N) is 1. The molecular weight excluding hydrogens is 254 g/mol. The van der Waals surface area contributed by atoms with E-state index >= 15 is 0 Å². The second kappa shape index (κ2) is 4.08. The molecule has 20 heavy (non-hydrogen) atoms. The number of aromatic nitrogens is 1. The summed E-state index contributed by atoms with van der Waals surface area (Å²) in [5.74, 6) is -0.895. The molecule has 2 heterocycles. The highest BCUT2D eigenvalue weighted by Crippen LogP contribution is 2.34. The van der Waals surface area contributed by atoms with E-state index in [0.29, 0.717) is 24.8 Å².